The molecule has 35 heavy (non-hydrogen) atoms. The number of rotatable bonds is 7. The van der Waals surface area contributed by atoms with Crippen molar-refractivity contribution in [2.24, 2.45) is 0 Å². The molecule has 0 unspecified atom stereocenters. The molecule has 0 aromatic heterocycles. The molecule has 3 aromatic rings. The minimum Gasteiger partial charge on any atom is -0.502 e. The van der Waals surface area contributed by atoms with Crippen LogP contribution in [-0.4, -0.2) is 34.3 Å². The van der Waals surface area contributed by atoms with Crippen LogP contribution < -0.4 is 15.6 Å². The Morgan fingerprint density at radius 3 is 2.17 bits per heavy atom. The van der Waals surface area contributed by atoms with E-state index in [2.05, 4.69) is 10.9 Å². The Morgan fingerprint density at radius 1 is 0.943 bits per heavy atom. The number of nitro groups is 2. The molecule has 1 amide bonds. The van der Waals surface area contributed by atoms with Crippen LogP contribution in [0.5, 0.6) is 11.5 Å². The summed E-state index contributed by atoms with van der Waals surface area (Å²) in [5, 5.41) is 29.5. The number of hydrogen-bond donors (Lipinski definition) is 3. The second kappa shape index (κ2) is 12.4. The number of carbonyl (C=O) groups excluding carboxylic acids is 1. The molecule has 0 spiro atoms. The molecular weight excluding hydrogens is 460 g/mol. The van der Waals surface area contributed by atoms with Crippen LogP contribution in [0.15, 0.2) is 66.7 Å². The smallest absolute Gasteiger partial charge is 0.426 e. The summed E-state index contributed by atoms with van der Waals surface area (Å²) in [4.78, 5) is 30.2. The molecule has 0 aliphatic rings. The third-order valence-corrected chi connectivity index (χ3v) is 4.32. The van der Waals surface area contributed by atoms with Gasteiger partial charge in [-0.05, 0) is 43.2 Å². The highest BCUT2D eigenvalue weighted by Crippen LogP contribution is 2.34. The number of nitro benzene ring substituents is 2. The van der Waals surface area contributed by atoms with Crippen molar-refractivity contribution in [1.29, 1.82) is 0 Å². The Labute approximate surface area is 200 Å². The lowest BCUT2D eigenvalue weighted by Crippen LogP contribution is -2.31. The van der Waals surface area contributed by atoms with Gasteiger partial charge in [-0.1, -0.05) is 42.5 Å². The monoisotopic (exact) mass is 484 g/mol. The summed E-state index contributed by atoms with van der Waals surface area (Å²) in [6.07, 6.45) is -0.721. The number of para-hydroxylation sites is 1. The molecule has 12 nitrogen and oxygen atoms in total. The van der Waals surface area contributed by atoms with Gasteiger partial charge in [0.1, 0.15) is 5.75 Å². The third-order valence-electron chi connectivity index (χ3n) is 4.32. The first kappa shape index (κ1) is 26.4. The van der Waals surface area contributed by atoms with E-state index in [1.54, 1.807) is 21.0 Å². The van der Waals surface area contributed by atoms with Gasteiger partial charge >= 0.3 is 17.5 Å². The third kappa shape index (κ3) is 7.60. The zero-order valence-corrected chi connectivity index (χ0v) is 19.1. The number of carbonyl (C=O) groups is 1. The predicted octanol–water partition coefficient (Wildman–Crippen LogP) is 5.03. The fourth-order valence-electron chi connectivity index (χ4n) is 2.83. The highest BCUT2D eigenvalue weighted by molar-refractivity contribution is 5.75. The van der Waals surface area contributed by atoms with Gasteiger partial charge in [-0.25, -0.2) is 10.2 Å². The van der Waals surface area contributed by atoms with Crippen LogP contribution in [0.2, 0.25) is 0 Å². The van der Waals surface area contributed by atoms with Gasteiger partial charge in [-0.3, -0.25) is 25.7 Å². The molecule has 0 aliphatic carbocycles. The Balaban J connectivity index is 0.000000283. The lowest BCUT2D eigenvalue weighted by atomic mass is 10.1. The maximum absolute atomic E-state index is 11.5. The maximum atomic E-state index is 11.5. The molecule has 3 N–H and O–H groups in total. The Kier molecular flexibility index (Phi) is 9.34. The lowest BCUT2D eigenvalue weighted by Gasteiger charge is -2.15. The van der Waals surface area contributed by atoms with Gasteiger partial charge in [-0.15, -0.1) is 0 Å². The van der Waals surface area contributed by atoms with Crippen LogP contribution >= 0.6 is 0 Å². The largest absolute Gasteiger partial charge is 0.502 e. The summed E-state index contributed by atoms with van der Waals surface area (Å²) in [5.74, 6) is -0.0799. The van der Waals surface area contributed by atoms with Crippen LogP contribution in [0.25, 0.3) is 11.1 Å². The molecule has 184 valence electrons. The first-order valence-corrected chi connectivity index (χ1v) is 10.2. The van der Waals surface area contributed by atoms with Crippen molar-refractivity contribution in [2.75, 3.05) is 12.5 Å². The molecule has 0 atom stereocenters. The molecule has 0 radical (unpaired) electrons. The summed E-state index contributed by atoms with van der Waals surface area (Å²) >= 11 is 0. The number of benzene rings is 3. The molecule has 12 heteroatoms. The van der Waals surface area contributed by atoms with Crippen molar-refractivity contribution in [3.05, 3.63) is 87.0 Å². The Bertz CT molecular complexity index is 1190. The van der Waals surface area contributed by atoms with Gasteiger partial charge in [0.2, 0.25) is 5.75 Å². The first-order valence-electron chi connectivity index (χ1n) is 10.2. The molecule has 0 heterocycles. The van der Waals surface area contributed by atoms with E-state index < -0.39 is 33.1 Å². The van der Waals surface area contributed by atoms with Gasteiger partial charge in [0.25, 0.3) is 0 Å². The minimum absolute atomic E-state index is 0.181. The highest BCUT2D eigenvalue weighted by Gasteiger charge is 2.27. The molecule has 0 aliphatic heterocycles. The van der Waals surface area contributed by atoms with E-state index in [0.29, 0.717) is 11.4 Å². The Morgan fingerprint density at radius 2 is 1.63 bits per heavy atom. The van der Waals surface area contributed by atoms with Crippen molar-refractivity contribution in [1.82, 2.24) is 5.43 Å². The zero-order valence-electron chi connectivity index (χ0n) is 19.1. The maximum Gasteiger partial charge on any atom is 0.426 e. The number of hydrogen-bond acceptors (Lipinski definition) is 9. The number of phenolic OH excluding ortho intramolecular Hbond substituents is 1. The molecule has 0 bridgehead atoms. The second-order valence-corrected chi connectivity index (χ2v) is 7.14. The van der Waals surface area contributed by atoms with Gasteiger partial charge in [-0.2, -0.15) is 0 Å². The van der Waals surface area contributed by atoms with Gasteiger partial charge < -0.3 is 14.6 Å². The Hall–Kier alpha value is -4.87. The lowest BCUT2D eigenvalue weighted by molar-refractivity contribution is -0.423. The number of nitrogens with one attached hydrogen (secondary N) is 2. The summed E-state index contributed by atoms with van der Waals surface area (Å²) in [6, 6.07) is 18.8. The normalized spacial score (nSPS) is 9.94. The number of ether oxygens (including phenoxy) is 2. The molecule has 3 rings (SSSR count). The number of methoxy groups -OCH3 is 1. The van der Waals surface area contributed by atoms with Crippen molar-refractivity contribution in [3.8, 4) is 22.6 Å². The summed E-state index contributed by atoms with van der Waals surface area (Å²) in [5.41, 5.74) is 6.48. The number of hydrazine groups is 1. The predicted molar refractivity (Wildman–Crippen MR) is 128 cm³/mol. The first-order chi connectivity index (χ1) is 16.6. The molecule has 0 saturated carbocycles. The zero-order chi connectivity index (χ0) is 26.0. The minimum atomic E-state index is -0.993. The second-order valence-electron chi connectivity index (χ2n) is 7.14. The van der Waals surface area contributed by atoms with Crippen molar-refractivity contribution >= 4 is 23.2 Å². The van der Waals surface area contributed by atoms with Gasteiger partial charge in [0.15, 0.2) is 0 Å². The molecule has 3 aromatic carbocycles. The van der Waals surface area contributed by atoms with Crippen molar-refractivity contribution < 1.29 is 29.2 Å². The van der Waals surface area contributed by atoms with Crippen LogP contribution in [0, 0.1) is 20.2 Å². The standard InChI is InChI=1S/C17H20N2O3.C6H4N2O5/c1-12(2)22-17(20)19-18-15-11-14(9-10-16(15)21-3)13-7-5-4-6-8-13;9-5-3-1-2-4(7(10)11)6(5)8(12)13/h4-12,18H,1-3H3,(H,19,20);1-3,9H. The molecule has 0 saturated heterocycles. The van der Waals surface area contributed by atoms with Gasteiger partial charge in [0.05, 0.1) is 28.7 Å². The average Bonchev–Trinajstić information content (AvgIpc) is 2.82. The fraction of sp³-hybridized carbons (Fsp3) is 0.174. The van der Waals surface area contributed by atoms with Crippen LogP contribution in [0.1, 0.15) is 13.8 Å². The molecule has 0 fully saturated rings. The number of anilines is 1. The van der Waals surface area contributed by atoms with E-state index >= 15 is 0 Å². The highest BCUT2D eigenvalue weighted by atomic mass is 16.6. The fourth-order valence-corrected chi connectivity index (χ4v) is 2.83. The van der Waals surface area contributed by atoms with E-state index in [1.165, 1.54) is 6.07 Å². The van der Waals surface area contributed by atoms with E-state index in [1.807, 2.05) is 48.5 Å². The van der Waals surface area contributed by atoms with E-state index in [9.17, 15) is 25.0 Å². The van der Waals surface area contributed by atoms with E-state index in [4.69, 9.17) is 14.6 Å². The number of phenols is 1. The topological polar surface area (TPSA) is 166 Å². The van der Waals surface area contributed by atoms with Crippen LogP contribution in [-0.2, 0) is 4.74 Å². The quantitative estimate of drug-likeness (QED) is 0.308. The van der Waals surface area contributed by atoms with E-state index in [-0.39, 0.29) is 6.10 Å². The van der Waals surface area contributed by atoms with Gasteiger partial charge in [0, 0.05) is 6.07 Å². The van der Waals surface area contributed by atoms with Crippen molar-refractivity contribution in [3.63, 3.8) is 0 Å². The van der Waals surface area contributed by atoms with Crippen LogP contribution in [0.4, 0.5) is 21.9 Å². The summed E-state index contributed by atoms with van der Waals surface area (Å²) in [6.45, 7) is 3.58. The average molecular weight is 484 g/mol. The molecular formula is C23H24N4O8. The van der Waals surface area contributed by atoms with Crippen LogP contribution in [0.3, 0.4) is 0 Å². The number of aromatic hydroxyl groups is 1. The number of nitrogens with zero attached hydrogens (tertiary/aromatic N) is 2. The summed E-state index contributed by atoms with van der Waals surface area (Å²) < 4.78 is 10.3. The number of amides is 1. The summed E-state index contributed by atoms with van der Waals surface area (Å²) in [7, 11) is 1.58. The van der Waals surface area contributed by atoms with E-state index in [0.717, 1.165) is 23.3 Å². The SMILES string of the molecule is COc1ccc(-c2ccccc2)cc1NNC(=O)OC(C)C.O=[N+]([O-])c1cccc(O)c1[N+](=O)[O-]. The van der Waals surface area contributed by atoms with Crippen molar-refractivity contribution in [2.45, 2.75) is 20.0 Å².